The van der Waals surface area contributed by atoms with E-state index in [0.717, 1.165) is 54.5 Å². The van der Waals surface area contributed by atoms with Crippen LogP contribution < -0.4 is 15.5 Å². The van der Waals surface area contributed by atoms with E-state index in [9.17, 15) is 4.79 Å². The number of halogens is 1. The van der Waals surface area contributed by atoms with Gasteiger partial charge in [0.1, 0.15) is 22.9 Å². The molecule has 210 valence electrons. The molecule has 40 heavy (non-hydrogen) atoms. The maximum absolute atomic E-state index is 12.6. The molecule has 0 spiro atoms. The zero-order valence-corrected chi connectivity index (χ0v) is 24.0. The van der Waals surface area contributed by atoms with E-state index in [1.807, 2.05) is 49.3 Å². The normalized spacial score (nSPS) is 17.1. The maximum Gasteiger partial charge on any atom is 0.341 e. The van der Waals surface area contributed by atoms with E-state index in [0.29, 0.717) is 53.2 Å². The number of carbonyl (C=O) groups is 1. The first-order chi connectivity index (χ1) is 19.4. The van der Waals surface area contributed by atoms with Gasteiger partial charge in [0.15, 0.2) is 0 Å². The highest BCUT2D eigenvalue weighted by atomic mass is 35.5. The number of para-hydroxylation sites is 1. The molecule has 9 heteroatoms. The van der Waals surface area contributed by atoms with Crippen molar-refractivity contribution < 1.29 is 13.9 Å². The van der Waals surface area contributed by atoms with Gasteiger partial charge in [-0.3, -0.25) is 0 Å². The van der Waals surface area contributed by atoms with E-state index in [-0.39, 0.29) is 5.97 Å². The van der Waals surface area contributed by atoms with Crippen LogP contribution in [0.4, 0.5) is 11.8 Å². The van der Waals surface area contributed by atoms with Crippen LogP contribution in [0.3, 0.4) is 0 Å². The Morgan fingerprint density at radius 2 is 1.82 bits per heavy atom. The zero-order valence-electron chi connectivity index (χ0n) is 23.2. The van der Waals surface area contributed by atoms with Gasteiger partial charge in [0.05, 0.1) is 18.7 Å². The van der Waals surface area contributed by atoms with Gasteiger partial charge in [0, 0.05) is 36.1 Å². The Bertz CT molecular complexity index is 1450. The van der Waals surface area contributed by atoms with E-state index in [1.165, 1.54) is 0 Å². The Hall–Kier alpha value is -3.62. The lowest BCUT2D eigenvalue weighted by molar-refractivity contribution is 0.0523. The van der Waals surface area contributed by atoms with Crippen LogP contribution in [0.2, 0.25) is 5.02 Å². The first kappa shape index (κ1) is 27.9. The van der Waals surface area contributed by atoms with Gasteiger partial charge in [-0.05, 0) is 87.5 Å². The van der Waals surface area contributed by atoms with E-state index in [1.54, 1.807) is 25.1 Å². The summed E-state index contributed by atoms with van der Waals surface area (Å²) < 4.78 is 11.4. The van der Waals surface area contributed by atoms with Crippen molar-refractivity contribution in [3.8, 4) is 11.3 Å². The standard InChI is InChI=1S/C31H36ClN5O3/c1-4-39-30(38)25-17-27(21-11-13-22(32)14-12-21)40-28(25)19-33-18-20-9-15-23(16-10-20)34-31-35-26-8-6-5-7-24(26)29(36-31)37(2)3/h5-8,11-14,17,20,23,33H,4,9-10,15-16,18-19H2,1-3H3,(H,34,35,36)/t20-,23+. The molecule has 0 amide bonds. The molecule has 4 aromatic rings. The zero-order chi connectivity index (χ0) is 28.1. The molecule has 0 aliphatic heterocycles. The number of hydrogen-bond acceptors (Lipinski definition) is 8. The summed E-state index contributed by atoms with van der Waals surface area (Å²) in [6.45, 7) is 3.42. The van der Waals surface area contributed by atoms with Gasteiger partial charge in [-0.25, -0.2) is 9.78 Å². The second-order valence-corrected chi connectivity index (χ2v) is 10.9. The first-order valence-corrected chi connectivity index (χ1v) is 14.3. The SMILES string of the molecule is CCOC(=O)c1cc(-c2ccc(Cl)cc2)oc1CNC[C@H]1CC[C@@H](Nc2nc(N(C)C)c3ccccc3n2)CC1. The third-order valence-electron chi connectivity index (χ3n) is 7.34. The molecule has 2 aromatic carbocycles. The molecule has 0 radical (unpaired) electrons. The minimum absolute atomic E-state index is 0.311. The van der Waals surface area contributed by atoms with Crippen LogP contribution in [0.15, 0.2) is 59.0 Å². The van der Waals surface area contributed by atoms with Crippen molar-refractivity contribution in [2.45, 2.75) is 45.2 Å². The molecule has 0 unspecified atom stereocenters. The fraction of sp³-hybridized carbons (Fsp3) is 0.387. The van der Waals surface area contributed by atoms with Gasteiger partial charge in [0.2, 0.25) is 5.95 Å². The van der Waals surface area contributed by atoms with E-state index in [4.69, 9.17) is 30.7 Å². The minimum atomic E-state index is -0.372. The summed E-state index contributed by atoms with van der Waals surface area (Å²) in [5, 5.41) is 8.80. The molecule has 1 aliphatic carbocycles. The number of anilines is 2. The van der Waals surface area contributed by atoms with Crippen molar-refractivity contribution in [3.05, 3.63) is 70.9 Å². The first-order valence-electron chi connectivity index (χ1n) is 13.9. The lowest BCUT2D eigenvalue weighted by Gasteiger charge is -2.29. The molecule has 2 N–H and O–H groups in total. The van der Waals surface area contributed by atoms with Crippen molar-refractivity contribution in [3.63, 3.8) is 0 Å². The molecule has 1 fully saturated rings. The second-order valence-electron chi connectivity index (χ2n) is 10.5. The maximum atomic E-state index is 12.6. The lowest BCUT2D eigenvalue weighted by atomic mass is 9.86. The number of fused-ring (bicyclic) bond motifs is 1. The lowest BCUT2D eigenvalue weighted by Crippen LogP contribution is -2.31. The molecular weight excluding hydrogens is 526 g/mol. The Kier molecular flexibility index (Phi) is 8.87. The van der Waals surface area contributed by atoms with Crippen LogP contribution in [0.25, 0.3) is 22.2 Å². The molecule has 1 saturated carbocycles. The minimum Gasteiger partial charge on any atom is -0.462 e. The fourth-order valence-electron chi connectivity index (χ4n) is 5.25. The van der Waals surface area contributed by atoms with Crippen molar-refractivity contribution >= 4 is 40.2 Å². The quantitative estimate of drug-likeness (QED) is 0.211. The molecular formula is C31H36ClN5O3. The van der Waals surface area contributed by atoms with Crippen molar-refractivity contribution in [2.24, 2.45) is 5.92 Å². The number of nitrogens with zero attached hydrogens (tertiary/aromatic N) is 3. The molecule has 0 atom stereocenters. The monoisotopic (exact) mass is 561 g/mol. The number of rotatable bonds is 10. The Balaban J connectivity index is 1.16. The third kappa shape index (κ3) is 6.57. The Morgan fingerprint density at radius 1 is 1.07 bits per heavy atom. The smallest absolute Gasteiger partial charge is 0.341 e. The molecule has 2 aromatic heterocycles. The topological polar surface area (TPSA) is 92.5 Å². The number of esters is 1. The molecule has 0 saturated heterocycles. The number of hydrogen-bond donors (Lipinski definition) is 2. The number of ether oxygens (including phenoxy) is 1. The number of carbonyl (C=O) groups excluding carboxylic acids is 1. The fourth-order valence-corrected chi connectivity index (χ4v) is 5.37. The highest BCUT2D eigenvalue weighted by Gasteiger charge is 2.24. The van der Waals surface area contributed by atoms with Crippen LogP contribution in [0.1, 0.15) is 48.7 Å². The number of nitrogens with one attached hydrogen (secondary N) is 2. The molecule has 1 aliphatic rings. The third-order valence-corrected chi connectivity index (χ3v) is 7.59. The van der Waals surface area contributed by atoms with Crippen molar-refractivity contribution in [2.75, 3.05) is 37.5 Å². The van der Waals surface area contributed by atoms with Crippen LogP contribution in [-0.2, 0) is 11.3 Å². The largest absolute Gasteiger partial charge is 0.462 e. The Labute approximate surface area is 240 Å². The summed E-state index contributed by atoms with van der Waals surface area (Å²) in [6, 6.07) is 17.6. The van der Waals surface area contributed by atoms with Crippen LogP contribution in [-0.4, -0.2) is 49.2 Å². The van der Waals surface area contributed by atoms with Gasteiger partial charge in [-0.1, -0.05) is 23.7 Å². The molecule has 2 heterocycles. The number of benzene rings is 2. The van der Waals surface area contributed by atoms with Gasteiger partial charge in [-0.2, -0.15) is 4.98 Å². The predicted molar refractivity (Wildman–Crippen MR) is 160 cm³/mol. The van der Waals surface area contributed by atoms with Crippen LogP contribution in [0.5, 0.6) is 0 Å². The van der Waals surface area contributed by atoms with Crippen LogP contribution in [0, 0.1) is 5.92 Å². The van der Waals surface area contributed by atoms with Crippen LogP contribution >= 0.6 is 11.6 Å². The van der Waals surface area contributed by atoms with Crippen molar-refractivity contribution in [1.82, 2.24) is 15.3 Å². The van der Waals surface area contributed by atoms with Gasteiger partial charge in [-0.15, -0.1) is 0 Å². The summed E-state index contributed by atoms with van der Waals surface area (Å²) in [6.07, 6.45) is 4.29. The van der Waals surface area contributed by atoms with Crippen molar-refractivity contribution in [1.29, 1.82) is 0 Å². The number of furan rings is 1. The summed E-state index contributed by atoms with van der Waals surface area (Å²) in [5.41, 5.74) is 2.26. The summed E-state index contributed by atoms with van der Waals surface area (Å²) in [7, 11) is 4.02. The predicted octanol–water partition coefficient (Wildman–Crippen LogP) is 6.55. The molecule has 8 nitrogen and oxygen atoms in total. The average molecular weight is 562 g/mol. The van der Waals surface area contributed by atoms with Gasteiger partial charge < -0.3 is 24.7 Å². The summed E-state index contributed by atoms with van der Waals surface area (Å²) in [5.74, 6) is 2.99. The van der Waals surface area contributed by atoms with Gasteiger partial charge in [0.25, 0.3) is 0 Å². The Morgan fingerprint density at radius 3 is 2.55 bits per heavy atom. The average Bonchev–Trinajstić information content (AvgIpc) is 3.38. The van der Waals surface area contributed by atoms with E-state index in [2.05, 4.69) is 16.7 Å². The van der Waals surface area contributed by atoms with E-state index < -0.39 is 0 Å². The summed E-state index contributed by atoms with van der Waals surface area (Å²) in [4.78, 5) is 24.2. The highest BCUT2D eigenvalue weighted by molar-refractivity contribution is 6.30. The van der Waals surface area contributed by atoms with E-state index >= 15 is 0 Å². The molecule has 0 bridgehead atoms. The second kappa shape index (κ2) is 12.7. The summed E-state index contributed by atoms with van der Waals surface area (Å²) >= 11 is 6.03. The van der Waals surface area contributed by atoms with Gasteiger partial charge >= 0.3 is 5.97 Å². The molecule has 5 rings (SSSR count). The highest BCUT2D eigenvalue weighted by Crippen LogP contribution is 2.30. The number of aromatic nitrogens is 2.